The van der Waals surface area contributed by atoms with E-state index in [4.69, 9.17) is 4.42 Å². The maximum Gasteiger partial charge on any atom is 0.291 e. The summed E-state index contributed by atoms with van der Waals surface area (Å²) in [6, 6.07) is 21.5. The van der Waals surface area contributed by atoms with Crippen LogP contribution in [0.4, 0.5) is 17.1 Å². The molecule has 2 N–H and O–H groups in total. The molecule has 1 aliphatic rings. The van der Waals surface area contributed by atoms with E-state index in [1.54, 1.807) is 41.3 Å². The fraction of sp³-hybridized carbons (Fsp3) is 0.179. The van der Waals surface area contributed by atoms with Gasteiger partial charge in [-0.25, -0.2) is 0 Å². The highest BCUT2D eigenvalue weighted by molar-refractivity contribution is 7.10. The summed E-state index contributed by atoms with van der Waals surface area (Å²) in [5, 5.41) is 7.73. The van der Waals surface area contributed by atoms with Crippen LogP contribution in [0.2, 0.25) is 0 Å². The van der Waals surface area contributed by atoms with Gasteiger partial charge in [0.15, 0.2) is 5.76 Å². The summed E-state index contributed by atoms with van der Waals surface area (Å²) >= 11 is 1.54. The SMILES string of the molecule is Cc1ccc(N2C(=O)CCC(C(=O)Nc3cccc(NC(=O)c4ccco4)c3)C2c2cccs2)cc1. The normalized spacial score (nSPS) is 17.6. The highest BCUT2D eigenvalue weighted by Crippen LogP contribution is 2.42. The first kappa shape index (κ1) is 23.6. The third-order valence-electron chi connectivity index (χ3n) is 6.21. The van der Waals surface area contributed by atoms with Crippen LogP contribution in [-0.4, -0.2) is 17.7 Å². The van der Waals surface area contributed by atoms with E-state index in [9.17, 15) is 14.4 Å². The number of benzene rings is 2. The number of nitrogens with zero attached hydrogens (tertiary/aromatic N) is 1. The van der Waals surface area contributed by atoms with Crippen molar-refractivity contribution >= 4 is 46.1 Å². The Morgan fingerprint density at radius 1 is 0.972 bits per heavy atom. The van der Waals surface area contributed by atoms with Crippen LogP contribution in [0.5, 0.6) is 0 Å². The Morgan fingerprint density at radius 2 is 1.75 bits per heavy atom. The molecule has 0 radical (unpaired) electrons. The van der Waals surface area contributed by atoms with Crippen molar-refractivity contribution in [2.75, 3.05) is 15.5 Å². The van der Waals surface area contributed by atoms with Crippen LogP contribution in [0.3, 0.4) is 0 Å². The van der Waals surface area contributed by atoms with E-state index in [1.165, 1.54) is 17.6 Å². The summed E-state index contributed by atoms with van der Waals surface area (Å²) in [6.45, 7) is 2.00. The molecule has 3 amide bonds. The van der Waals surface area contributed by atoms with Crippen LogP contribution in [0, 0.1) is 12.8 Å². The van der Waals surface area contributed by atoms with E-state index in [0.29, 0.717) is 17.8 Å². The zero-order valence-electron chi connectivity index (χ0n) is 19.6. The first-order chi connectivity index (χ1) is 17.5. The molecule has 8 heteroatoms. The molecule has 36 heavy (non-hydrogen) atoms. The number of hydrogen-bond donors (Lipinski definition) is 2. The Balaban J connectivity index is 1.39. The van der Waals surface area contributed by atoms with E-state index >= 15 is 0 Å². The second-order valence-electron chi connectivity index (χ2n) is 8.71. The number of carbonyl (C=O) groups is 3. The van der Waals surface area contributed by atoms with E-state index < -0.39 is 12.0 Å². The predicted octanol–water partition coefficient (Wildman–Crippen LogP) is 6.02. The molecule has 2 aromatic carbocycles. The zero-order valence-corrected chi connectivity index (χ0v) is 20.5. The molecule has 182 valence electrons. The molecule has 2 aromatic heterocycles. The fourth-order valence-corrected chi connectivity index (χ4v) is 5.35. The van der Waals surface area contributed by atoms with Crippen molar-refractivity contribution in [3.8, 4) is 0 Å². The highest BCUT2D eigenvalue weighted by atomic mass is 32.1. The number of rotatable bonds is 6. The lowest BCUT2D eigenvalue weighted by atomic mass is 9.86. The van der Waals surface area contributed by atoms with Gasteiger partial charge in [-0.3, -0.25) is 14.4 Å². The van der Waals surface area contributed by atoms with Crippen LogP contribution in [0.15, 0.2) is 88.9 Å². The zero-order chi connectivity index (χ0) is 25.1. The Bertz CT molecular complexity index is 1360. The van der Waals surface area contributed by atoms with Gasteiger partial charge in [0.05, 0.1) is 18.2 Å². The molecule has 2 unspecified atom stereocenters. The Labute approximate surface area is 212 Å². The summed E-state index contributed by atoms with van der Waals surface area (Å²) in [5.74, 6) is -0.785. The number of aryl methyl sites for hydroxylation is 1. The quantitative estimate of drug-likeness (QED) is 0.339. The molecule has 1 saturated heterocycles. The fourth-order valence-electron chi connectivity index (χ4n) is 4.47. The molecule has 4 aromatic rings. The predicted molar refractivity (Wildman–Crippen MR) is 140 cm³/mol. The number of piperidine rings is 1. The molecule has 0 bridgehead atoms. The molecule has 0 aliphatic carbocycles. The Kier molecular flexibility index (Phi) is 6.69. The maximum absolute atomic E-state index is 13.6. The highest BCUT2D eigenvalue weighted by Gasteiger charge is 2.42. The molecular formula is C28H25N3O4S. The van der Waals surface area contributed by atoms with Gasteiger partial charge in [0.25, 0.3) is 5.91 Å². The summed E-state index contributed by atoms with van der Waals surface area (Å²) in [4.78, 5) is 41.7. The number of hydrogen-bond acceptors (Lipinski definition) is 5. The molecule has 1 fully saturated rings. The van der Waals surface area contributed by atoms with Crippen molar-refractivity contribution in [2.45, 2.75) is 25.8 Å². The van der Waals surface area contributed by atoms with Gasteiger partial charge in [0, 0.05) is 28.4 Å². The van der Waals surface area contributed by atoms with Crippen molar-refractivity contribution in [2.24, 2.45) is 5.92 Å². The minimum absolute atomic E-state index is 0.00365. The average Bonchev–Trinajstić information content (AvgIpc) is 3.60. The second kappa shape index (κ2) is 10.2. The monoisotopic (exact) mass is 499 g/mol. The number of anilines is 3. The first-order valence-corrected chi connectivity index (χ1v) is 12.6. The first-order valence-electron chi connectivity index (χ1n) is 11.7. The van der Waals surface area contributed by atoms with Crippen molar-refractivity contribution in [1.29, 1.82) is 0 Å². The maximum atomic E-state index is 13.6. The van der Waals surface area contributed by atoms with E-state index in [2.05, 4.69) is 10.6 Å². The molecule has 1 aliphatic heterocycles. The van der Waals surface area contributed by atoms with Crippen LogP contribution < -0.4 is 15.5 Å². The summed E-state index contributed by atoms with van der Waals surface area (Å²) < 4.78 is 5.14. The van der Waals surface area contributed by atoms with Gasteiger partial charge in [-0.05, 0) is 67.3 Å². The molecule has 2 atom stereocenters. The number of thiophene rings is 1. The van der Waals surface area contributed by atoms with E-state index in [1.807, 2.05) is 48.7 Å². The van der Waals surface area contributed by atoms with Gasteiger partial charge < -0.3 is 20.0 Å². The van der Waals surface area contributed by atoms with Gasteiger partial charge in [-0.1, -0.05) is 29.8 Å². The lowest BCUT2D eigenvalue weighted by Crippen LogP contribution is -2.46. The van der Waals surface area contributed by atoms with Crippen LogP contribution in [0.1, 0.15) is 39.9 Å². The van der Waals surface area contributed by atoms with Gasteiger partial charge in [0.2, 0.25) is 11.8 Å². The Hall–Kier alpha value is -4.17. The van der Waals surface area contributed by atoms with Gasteiger partial charge in [-0.15, -0.1) is 11.3 Å². The lowest BCUT2D eigenvalue weighted by Gasteiger charge is -2.40. The standard InChI is InChI=1S/C28H25N3O4S/c1-18-9-11-21(12-10-18)31-25(32)14-13-22(26(31)24-8-4-16-36-24)27(33)29-19-5-2-6-20(17-19)30-28(34)23-7-3-15-35-23/h2-12,15-17,22,26H,13-14H2,1H3,(H,29,33)(H,30,34). The van der Waals surface area contributed by atoms with Gasteiger partial charge in [-0.2, -0.15) is 0 Å². The topological polar surface area (TPSA) is 91.7 Å². The number of nitrogens with one attached hydrogen (secondary N) is 2. The minimum atomic E-state index is -0.441. The van der Waals surface area contributed by atoms with Crippen molar-refractivity contribution in [3.05, 3.63) is 101 Å². The molecule has 0 saturated carbocycles. The summed E-state index contributed by atoms with van der Waals surface area (Å²) in [5.41, 5.74) is 2.97. The number of amides is 3. The third kappa shape index (κ3) is 4.94. The van der Waals surface area contributed by atoms with Crippen LogP contribution in [-0.2, 0) is 9.59 Å². The number of carbonyl (C=O) groups excluding carboxylic acids is 3. The van der Waals surface area contributed by atoms with Gasteiger partial charge in [0.1, 0.15) is 0 Å². The third-order valence-corrected chi connectivity index (χ3v) is 7.16. The van der Waals surface area contributed by atoms with E-state index in [-0.39, 0.29) is 29.9 Å². The van der Waals surface area contributed by atoms with E-state index in [0.717, 1.165) is 16.1 Å². The molecule has 5 rings (SSSR count). The van der Waals surface area contributed by atoms with Crippen molar-refractivity contribution < 1.29 is 18.8 Å². The van der Waals surface area contributed by atoms with Crippen molar-refractivity contribution in [3.63, 3.8) is 0 Å². The molecule has 7 nitrogen and oxygen atoms in total. The molecule has 3 heterocycles. The van der Waals surface area contributed by atoms with Crippen molar-refractivity contribution in [1.82, 2.24) is 0 Å². The second-order valence-corrected chi connectivity index (χ2v) is 9.69. The number of furan rings is 1. The lowest BCUT2D eigenvalue weighted by molar-refractivity contribution is -0.125. The smallest absolute Gasteiger partial charge is 0.291 e. The molecule has 0 spiro atoms. The largest absolute Gasteiger partial charge is 0.459 e. The Morgan fingerprint density at radius 3 is 2.44 bits per heavy atom. The summed E-state index contributed by atoms with van der Waals surface area (Å²) in [6.07, 6.45) is 2.17. The van der Waals surface area contributed by atoms with Gasteiger partial charge >= 0.3 is 0 Å². The minimum Gasteiger partial charge on any atom is -0.459 e. The van der Waals surface area contributed by atoms with Crippen LogP contribution in [0.25, 0.3) is 0 Å². The van der Waals surface area contributed by atoms with Crippen LogP contribution >= 0.6 is 11.3 Å². The summed E-state index contributed by atoms with van der Waals surface area (Å²) in [7, 11) is 0. The average molecular weight is 500 g/mol. The molecular weight excluding hydrogens is 474 g/mol.